The maximum absolute atomic E-state index is 12.1. The van der Waals surface area contributed by atoms with Gasteiger partial charge in [-0.3, -0.25) is 0 Å². The van der Waals surface area contributed by atoms with E-state index in [-0.39, 0.29) is 6.09 Å². The number of ether oxygens (including phenoxy) is 1. The molecule has 0 radical (unpaired) electrons. The minimum absolute atomic E-state index is 0.162. The van der Waals surface area contributed by atoms with Gasteiger partial charge in [0.2, 0.25) is 0 Å². The highest BCUT2D eigenvalue weighted by Crippen LogP contribution is 2.17. The van der Waals surface area contributed by atoms with Crippen molar-refractivity contribution in [3.8, 4) is 0 Å². The van der Waals surface area contributed by atoms with Crippen LogP contribution in [-0.2, 0) is 4.74 Å². The zero-order chi connectivity index (χ0) is 15.3. The molecule has 0 aromatic rings. The second kappa shape index (κ2) is 7.45. The van der Waals surface area contributed by atoms with Crippen LogP contribution in [-0.4, -0.2) is 54.9 Å². The summed E-state index contributed by atoms with van der Waals surface area (Å²) in [6, 6.07) is 1.19. The molecule has 0 saturated carbocycles. The van der Waals surface area contributed by atoms with Gasteiger partial charge in [0.1, 0.15) is 5.60 Å². The molecule has 1 unspecified atom stereocenters. The van der Waals surface area contributed by atoms with Crippen molar-refractivity contribution in [3.05, 3.63) is 0 Å². The highest BCUT2D eigenvalue weighted by Gasteiger charge is 2.26. The largest absolute Gasteiger partial charge is 0.444 e. The molecule has 2 saturated heterocycles. The molecule has 21 heavy (non-hydrogen) atoms. The molecular weight excluding hydrogens is 266 g/mol. The molecule has 5 heteroatoms. The molecule has 2 N–H and O–H groups in total. The van der Waals surface area contributed by atoms with Crippen molar-refractivity contribution in [3.63, 3.8) is 0 Å². The number of piperidine rings is 1. The lowest BCUT2D eigenvalue weighted by atomic mass is 10.0. The first-order chi connectivity index (χ1) is 9.94. The Bertz CT molecular complexity index is 335. The fraction of sp³-hybridized carbons (Fsp3) is 0.938. The molecule has 122 valence electrons. The van der Waals surface area contributed by atoms with E-state index in [9.17, 15) is 4.79 Å². The van der Waals surface area contributed by atoms with Crippen molar-refractivity contribution in [1.29, 1.82) is 0 Å². The third kappa shape index (κ3) is 5.83. The summed E-state index contributed by atoms with van der Waals surface area (Å²) in [5.74, 6) is 0. The zero-order valence-corrected chi connectivity index (χ0v) is 13.8. The minimum atomic E-state index is -0.407. The lowest BCUT2D eigenvalue weighted by molar-refractivity contribution is 0.0256. The average molecular weight is 297 g/mol. The molecule has 1 amide bonds. The number of carbonyl (C=O) groups excluding carboxylic acids is 1. The van der Waals surface area contributed by atoms with Gasteiger partial charge in [-0.05, 0) is 66.0 Å². The van der Waals surface area contributed by atoms with E-state index < -0.39 is 5.60 Å². The molecule has 5 nitrogen and oxygen atoms in total. The third-order valence-corrected chi connectivity index (χ3v) is 4.19. The van der Waals surface area contributed by atoms with Gasteiger partial charge in [-0.1, -0.05) is 0 Å². The first-order valence-electron chi connectivity index (χ1n) is 8.39. The van der Waals surface area contributed by atoms with Gasteiger partial charge in [0, 0.05) is 25.2 Å². The van der Waals surface area contributed by atoms with Gasteiger partial charge in [0.15, 0.2) is 0 Å². The Labute approximate surface area is 128 Å². The quantitative estimate of drug-likeness (QED) is 0.820. The molecule has 0 aromatic carbocycles. The summed E-state index contributed by atoms with van der Waals surface area (Å²) >= 11 is 0. The molecule has 2 aliphatic heterocycles. The summed E-state index contributed by atoms with van der Waals surface area (Å²) in [6.07, 6.45) is 5.51. The molecule has 2 heterocycles. The summed E-state index contributed by atoms with van der Waals surface area (Å²) in [5.41, 5.74) is -0.407. The molecule has 2 fully saturated rings. The highest BCUT2D eigenvalue weighted by atomic mass is 16.6. The van der Waals surface area contributed by atoms with E-state index in [4.69, 9.17) is 4.74 Å². The van der Waals surface area contributed by atoms with Crippen LogP contribution < -0.4 is 10.6 Å². The molecule has 0 bridgehead atoms. The van der Waals surface area contributed by atoms with E-state index in [0.717, 1.165) is 45.4 Å². The normalized spacial score (nSPS) is 25.5. The maximum Gasteiger partial charge on any atom is 0.410 e. The van der Waals surface area contributed by atoms with Gasteiger partial charge in [0.05, 0.1) is 0 Å². The number of rotatable bonds is 2. The summed E-state index contributed by atoms with van der Waals surface area (Å²) < 4.78 is 5.48. The number of hydrogen-bond acceptors (Lipinski definition) is 4. The van der Waals surface area contributed by atoms with E-state index in [1.165, 1.54) is 12.8 Å². The first-order valence-corrected chi connectivity index (χ1v) is 8.39. The van der Waals surface area contributed by atoms with Gasteiger partial charge >= 0.3 is 6.09 Å². The fourth-order valence-corrected chi connectivity index (χ4v) is 3.09. The Balaban J connectivity index is 1.77. The van der Waals surface area contributed by atoms with Crippen LogP contribution in [0.25, 0.3) is 0 Å². The number of nitrogens with zero attached hydrogens (tertiary/aromatic N) is 1. The van der Waals surface area contributed by atoms with Crippen LogP contribution >= 0.6 is 0 Å². The molecule has 0 spiro atoms. The topological polar surface area (TPSA) is 53.6 Å². The SMILES string of the molecule is CC(C)(C)OC(=O)N1CCCC(NC2CCNCC2)CC1. The van der Waals surface area contributed by atoms with E-state index in [0.29, 0.717) is 12.1 Å². The number of hydrogen-bond donors (Lipinski definition) is 2. The second-order valence-electron chi connectivity index (χ2n) is 7.29. The van der Waals surface area contributed by atoms with Crippen molar-refractivity contribution < 1.29 is 9.53 Å². The Morgan fingerprint density at radius 1 is 1.10 bits per heavy atom. The van der Waals surface area contributed by atoms with Gasteiger partial charge in [-0.15, -0.1) is 0 Å². The minimum Gasteiger partial charge on any atom is -0.444 e. The third-order valence-electron chi connectivity index (χ3n) is 4.19. The van der Waals surface area contributed by atoms with Crippen LogP contribution in [0.15, 0.2) is 0 Å². The molecule has 1 atom stereocenters. The Morgan fingerprint density at radius 2 is 1.76 bits per heavy atom. The predicted molar refractivity (Wildman–Crippen MR) is 84.5 cm³/mol. The monoisotopic (exact) mass is 297 g/mol. The Morgan fingerprint density at radius 3 is 2.43 bits per heavy atom. The van der Waals surface area contributed by atoms with E-state index in [1.54, 1.807) is 0 Å². The molecule has 2 aliphatic rings. The van der Waals surface area contributed by atoms with E-state index in [1.807, 2.05) is 25.7 Å². The van der Waals surface area contributed by atoms with Gasteiger partial charge in [-0.2, -0.15) is 0 Å². The maximum atomic E-state index is 12.1. The van der Waals surface area contributed by atoms with Crippen molar-refractivity contribution >= 4 is 6.09 Å². The van der Waals surface area contributed by atoms with E-state index >= 15 is 0 Å². The fourth-order valence-electron chi connectivity index (χ4n) is 3.09. The smallest absolute Gasteiger partial charge is 0.410 e. The van der Waals surface area contributed by atoms with Crippen LogP contribution in [0.3, 0.4) is 0 Å². The zero-order valence-electron chi connectivity index (χ0n) is 13.8. The van der Waals surface area contributed by atoms with Gasteiger partial charge < -0.3 is 20.3 Å². The van der Waals surface area contributed by atoms with Crippen molar-refractivity contribution in [2.45, 2.75) is 70.6 Å². The number of nitrogens with one attached hydrogen (secondary N) is 2. The number of carbonyl (C=O) groups is 1. The standard InChI is InChI=1S/C16H31N3O2/c1-16(2,3)21-15(20)19-11-4-5-13(8-12-19)18-14-6-9-17-10-7-14/h13-14,17-18H,4-12H2,1-3H3. The summed E-state index contributed by atoms with van der Waals surface area (Å²) in [5, 5.41) is 7.19. The van der Waals surface area contributed by atoms with Gasteiger partial charge in [0.25, 0.3) is 0 Å². The van der Waals surface area contributed by atoms with Gasteiger partial charge in [-0.25, -0.2) is 4.79 Å². The second-order valence-corrected chi connectivity index (χ2v) is 7.29. The average Bonchev–Trinajstić information content (AvgIpc) is 2.64. The molecule has 0 aromatic heterocycles. The molecule has 0 aliphatic carbocycles. The summed E-state index contributed by atoms with van der Waals surface area (Å²) in [7, 11) is 0. The number of amides is 1. The van der Waals surface area contributed by atoms with E-state index in [2.05, 4.69) is 10.6 Å². The molecule has 2 rings (SSSR count). The lowest BCUT2D eigenvalue weighted by Gasteiger charge is -2.29. The van der Waals surface area contributed by atoms with Crippen LogP contribution in [0, 0.1) is 0 Å². The Hall–Kier alpha value is -0.810. The molecular formula is C16H31N3O2. The van der Waals surface area contributed by atoms with Crippen molar-refractivity contribution in [2.75, 3.05) is 26.2 Å². The van der Waals surface area contributed by atoms with Crippen LogP contribution in [0.4, 0.5) is 4.79 Å². The Kier molecular flexibility index (Phi) is 5.88. The summed E-state index contributed by atoms with van der Waals surface area (Å²) in [4.78, 5) is 14.0. The van der Waals surface area contributed by atoms with Crippen LogP contribution in [0.1, 0.15) is 52.9 Å². The number of likely N-dealkylation sites (tertiary alicyclic amines) is 1. The highest BCUT2D eigenvalue weighted by molar-refractivity contribution is 5.68. The van der Waals surface area contributed by atoms with Crippen LogP contribution in [0.5, 0.6) is 0 Å². The van der Waals surface area contributed by atoms with Crippen LogP contribution in [0.2, 0.25) is 0 Å². The van der Waals surface area contributed by atoms with Crippen molar-refractivity contribution in [1.82, 2.24) is 15.5 Å². The first kappa shape index (κ1) is 16.6. The lowest BCUT2D eigenvalue weighted by Crippen LogP contribution is -2.45. The van der Waals surface area contributed by atoms with Crippen molar-refractivity contribution in [2.24, 2.45) is 0 Å². The summed E-state index contributed by atoms with van der Waals surface area (Å²) in [6.45, 7) is 9.62. The predicted octanol–water partition coefficient (Wildman–Crippen LogP) is 2.12.